The Labute approximate surface area is 228 Å². The Morgan fingerprint density at radius 1 is 0.949 bits per heavy atom. The minimum atomic E-state index is -3.67. The van der Waals surface area contributed by atoms with Crippen molar-refractivity contribution in [2.24, 2.45) is 0 Å². The normalized spacial score (nSPS) is 13.3. The minimum absolute atomic E-state index is 0.0255. The monoisotopic (exact) mass is 559 g/mol. The highest BCUT2D eigenvalue weighted by atomic mass is 32.2. The van der Waals surface area contributed by atoms with Crippen LogP contribution in [0.4, 0.5) is 8.78 Å². The molecule has 0 aliphatic carbocycles. The van der Waals surface area contributed by atoms with Crippen LogP contribution in [0.2, 0.25) is 0 Å². The summed E-state index contributed by atoms with van der Waals surface area (Å²) in [5, 5.41) is 16.9. The Morgan fingerprint density at radius 3 is 2.21 bits per heavy atom. The Bertz CT molecular complexity index is 1350. The zero-order valence-electron chi connectivity index (χ0n) is 22.3. The molecule has 10 heteroatoms. The summed E-state index contributed by atoms with van der Waals surface area (Å²) in [5.41, 5.74) is 2.68. The standard InChI is InChI=1S/C29H35F2N3O4S/c1-4-20-7-6-8-21(13-20)18-32-19-28(35)27(16-22-14-24(30)17-25(31)15-22)33-29(36)23-9-11-26(12-10-23)39(37,38)34(3)5-2/h6-15,17,27-28,32,35H,4-5,16,18-19H2,1-3H3,(H,33,36)/t27-,28-/m0/s1. The molecule has 39 heavy (non-hydrogen) atoms. The van der Waals surface area contributed by atoms with Gasteiger partial charge in [-0.2, -0.15) is 0 Å². The summed E-state index contributed by atoms with van der Waals surface area (Å²) in [6, 6.07) is 15.7. The molecule has 7 nitrogen and oxygen atoms in total. The molecule has 3 rings (SSSR count). The van der Waals surface area contributed by atoms with E-state index >= 15 is 0 Å². The van der Waals surface area contributed by atoms with E-state index in [0.717, 1.165) is 30.2 Å². The Morgan fingerprint density at radius 2 is 1.59 bits per heavy atom. The van der Waals surface area contributed by atoms with E-state index in [1.54, 1.807) is 6.92 Å². The number of nitrogens with zero attached hydrogens (tertiary/aromatic N) is 1. The molecule has 0 radical (unpaired) electrons. The number of hydrogen-bond acceptors (Lipinski definition) is 5. The van der Waals surface area contributed by atoms with Crippen LogP contribution in [-0.2, 0) is 29.4 Å². The second-order valence-corrected chi connectivity index (χ2v) is 11.4. The van der Waals surface area contributed by atoms with Gasteiger partial charge < -0.3 is 15.7 Å². The van der Waals surface area contributed by atoms with Crippen molar-refractivity contribution in [1.82, 2.24) is 14.9 Å². The van der Waals surface area contributed by atoms with E-state index in [1.807, 2.05) is 18.2 Å². The summed E-state index contributed by atoms with van der Waals surface area (Å²) < 4.78 is 53.9. The molecule has 0 saturated heterocycles. The number of carbonyl (C=O) groups is 1. The van der Waals surface area contributed by atoms with Crippen LogP contribution in [0.15, 0.2) is 71.6 Å². The first-order valence-electron chi connectivity index (χ1n) is 12.8. The first-order chi connectivity index (χ1) is 18.5. The van der Waals surface area contributed by atoms with Gasteiger partial charge in [0.2, 0.25) is 10.0 Å². The SMILES string of the molecule is CCc1cccc(CNC[C@H](O)[C@H](Cc2cc(F)cc(F)c2)NC(=O)c2ccc(S(=O)(=O)N(C)CC)cc2)c1. The minimum Gasteiger partial charge on any atom is -0.390 e. The van der Waals surface area contributed by atoms with Crippen LogP contribution >= 0.6 is 0 Å². The molecule has 2 atom stereocenters. The predicted octanol–water partition coefficient (Wildman–Crippen LogP) is 3.66. The van der Waals surface area contributed by atoms with Crippen molar-refractivity contribution in [2.75, 3.05) is 20.1 Å². The number of carbonyl (C=O) groups excluding carboxylic acids is 1. The van der Waals surface area contributed by atoms with Crippen LogP contribution in [0.25, 0.3) is 0 Å². The lowest BCUT2D eigenvalue weighted by Crippen LogP contribution is -2.48. The topological polar surface area (TPSA) is 98.7 Å². The van der Waals surface area contributed by atoms with Crippen LogP contribution in [0.1, 0.15) is 40.9 Å². The maximum absolute atomic E-state index is 13.8. The molecular weight excluding hydrogens is 524 g/mol. The van der Waals surface area contributed by atoms with Crippen molar-refractivity contribution in [2.45, 2.75) is 50.3 Å². The second-order valence-electron chi connectivity index (χ2n) is 9.38. The Kier molecular flexibility index (Phi) is 10.7. The number of hydrogen-bond donors (Lipinski definition) is 3. The third-order valence-electron chi connectivity index (χ3n) is 6.51. The fourth-order valence-corrected chi connectivity index (χ4v) is 5.29. The van der Waals surface area contributed by atoms with Crippen molar-refractivity contribution in [3.63, 3.8) is 0 Å². The zero-order valence-corrected chi connectivity index (χ0v) is 23.1. The lowest BCUT2D eigenvalue weighted by Gasteiger charge is -2.25. The van der Waals surface area contributed by atoms with E-state index in [4.69, 9.17) is 0 Å². The van der Waals surface area contributed by atoms with E-state index in [0.29, 0.717) is 13.1 Å². The molecule has 1 amide bonds. The molecule has 3 aromatic carbocycles. The first kappa shape index (κ1) is 30.4. The number of nitrogens with one attached hydrogen (secondary N) is 2. The molecule has 0 unspecified atom stereocenters. The van der Waals surface area contributed by atoms with Gasteiger partial charge in [0.15, 0.2) is 0 Å². The van der Waals surface area contributed by atoms with Gasteiger partial charge in [0.05, 0.1) is 17.0 Å². The van der Waals surface area contributed by atoms with Crippen molar-refractivity contribution < 1.29 is 27.1 Å². The molecule has 0 fully saturated rings. The molecule has 0 heterocycles. The fourth-order valence-electron chi connectivity index (χ4n) is 4.11. The van der Waals surface area contributed by atoms with Crippen molar-refractivity contribution in [1.29, 1.82) is 0 Å². The van der Waals surface area contributed by atoms with Crippen LogP contribution in [0.5, 0.6) is 0 Å². The fraction of sp³-hybridized carbons (Fsp3) is 0.345. The predicted molar refractivity (Wildman–Crippen MR) is 147 cm³/mol. The summed E-state index contributed by atoms with van der Waals surface area (Å²) in [5.74, 6) is -2.07. The molecule has 210 valence electrons. The molecule has 0 aliphatic rings. The van der Waals surface area contributed by atoms with Crippen LogP contribution in [-0.4, -0.2) is 56.0 Å². The number of sulfonamides is 1. The van der Waals surface area contributed by atoms with Gasteiger partial charge in [0.1, 0.15) is 11.6 Å². The molecule has 0 spiro atoms. The maximum atomic E-state index is 13.8. The van der Waals surface area contributed by atoms with Gasteiger partial charge in [-0.1, -0.05) is 38.1 Å². The summed E-state index contributed by atoms with van der Waals surface area (Å²) in [6.07, 6.45) is -0.216. The number of aryl methyl sites for hydroxylation is 1. The van der Waals surface area contributed by atoms with E-state index < -0.39 is 39.7 Å². The summed E-state index contributed by atoms with van der Waals surface area (Å²) >= 11 is 0. The van der Waals surface area contributed by atoms with E-state index in [9.17, 15) is 27.1 Å². The summed E-state index contributed by atoms with van der Waals surface area (Å²) in [7, 11) is -2.21. The molecule has 3 aromatic rings. The van der Waals surface area contributed by atoms with Gasteiger partial charge in [0.25, 0.3) is 5.91 Å². The molecular formula is C29H35F2N3O4S. The van der Waals surface area contributed by atoms with Gasteiger partial charge in [0, 0.05) is 38.3 Å². The summed E-state index contributed by atoms with van der Waals surface area (Å²) in [4.78, 5) is 13.1. The largest absolute Gasteiger partial charge is 0.390 e. The third kappa shape index (κ3) is 8.40. The first-order valence-corrected chi connectivity index (χ1v) is 14.3. The van der Waals surface area contributed by atoms with Gasteiger partial charge in [-0.15, -0.1) is 0 Å². The van der Waals surface area contributed by atoms with E-state index in [1.165, 1.54) is 41.2 Å². The average Bonchev–Trinajstić information content (AvgIpc) is 2.91. The Balaban J connectivity index is 1.74. The molecule has 0 bridgehead atoms. The van der Waals surface area contributed by atoms with Gasteiger partial charge in [-0.3, -0.25) is 4.79 Å². The number of amides is 1. The van der Waals surface area contributed by atoms with E-state index in [-0.39, 0.29) is 29.0 Å². The number of rotatable bonds is 13. The number of aliphatic hydroxyl groups is 1. The Hall–Kier alpha value is -3.18. The number of benzene rings is 3. The van der Waals surface area contributed by atoms with E-state index in [2.05, 4.69) is 23.6 Å². The average molecular weight is 560 g/mol. The number of aliphatic hydroxyl groups excluding tert-OH is 1. The molecule has 0 saturated carbocycles. The lowest BCUT2D eigenvalue weighted by molar-refractivity contribution is 0.0829. The van der Waals surface area contributed by atoms with Crippen LogP contribution < -0.4 is 10.6 Å². The molecule has 3 N–H and O–H groups in total. The maximum Gasteiger partial charge on any atom is 0.251 e. The third-order valence-corrected chi connectivity index (χ3v) is 8.46. The smallest absolute Gasteiger partial charge is 0.251 e. The molecule has 0 aromatic heterocycles. The van der Waals surface area contributed by atoms with Crippen LogP contribution in [0.3, 0.4) is 0 Å². The van der Waals surface area contributed by atoms with Gasteiger partial charge in [-0.25, -0.2) is 21.5 Å². The highest BCUT2D eigenvalue weighted by molar-refractivity contribution is 7.89. The van der Waals surface area contributed by atoms with Gasteiger partial charge >= 0.3 is 0 Å². The van der Waals surface area contributed by atoms with Crippen molar-refractivity contribution in [3.05, 3.63) is 101 Å². The zero-order chi connectivity index (χ0) is 28.6. The second kappa shape index (κ2) is 13.7. The quantitative estimate of drug-likeness (QED) is 0.297. The van der Waals surface area contributed by atoms with Crippen LogP contribution in [0, 0.1) is 11.6 Å². The highest BCUT2D eigenvalue weighted by Gasteiger charge is 2.24. The lowest BCUT2D eigenvalue weighted by atomic mass is 10.00. The number of halogens is 2. The van der Waals surface area contributed by atoms with Crippen molar-refractivity contribution in [3.8, 4) is 0 Å². The molecule has 0 aliphatic heterocycles. The summed E-state index contributed by atoms with van der Waals surface area (Å²) in [6.45, 7) is 4.67. The van der Waals surface area contributed by atoms with Crippen molar-refractivity contribution >= 4 is 15.9 Å². The highest BCUT2D eigenvalue weighted by Crippen LogP contribution is 2.16. The van der Waals surface area contributed by atoms with Gasteiger partial charge in [-0.05, 0) is 65.9 Å².